The lowest BCUT2D eigenvalue weighted by Gasteiger charge is -2.23. The van der Waals surface area contributed by atoms with Crippen molar-refractivity contribution in [3.05, 3.63) is 83.9 Å². The molecule has 0 fully saturated rings. The molecule has 4 aromatic rings. The van der Waals surface area contributed by atoms with Crippen molar-refractivity contribution in [1.29, 1.82) is 5.26 Å². The lowest BCUT2D eigenvalue weighted by Crippen LogP contribution is -2.12. The fourth-order valence-electron chi connectivity index (χ4n) is 4.38. The summed E-state index contributed by atoms with van der Waals surface area (Å²) in [4.78, 5) is 0. The average Bonchev–Trinajstić information content (AvgIpc) is 3.21. The SMILES string of the molecule is COc1cc2c(cc1OC)-c1c(C#N)c(N=Nc3ccccc3)c(-c3ccccc3)n1CC2. The van der Waals surface area contributed by atoms with Gasteiger partial charge in [0.05, 0.1) is 31.3 Å². The number of rotatable bonds is 5. The Kier molecular flexibility index (Phi) is 5.37. The standard InChI is InChI=1S/C27H22N4O2/c1-32-23-15-19-13-14-31-26(18-9-5-3-6-10-18)25(30-29-20-11-7-4-8-12-20)22(17-28)27(31)21(19)16-24(23)33-2/h3-12,15-16H,13-14H2,1-2H3. The van der Waals surface area contributed by atoms with Gasteiger partial charge in [-0.05, 0) is 36.2 Å². The van der Waals surface area contributed by atoms with Gasteiger partial charge in [-0.15, -0.1) is 5.11 Å². The molecule has 162 valence electrons. The van der Waals surface area contributed by atoms with Crippen LogP contribution in [0.4, 0.5) is 11.4 Å². The largest absolute Gasteiger partial charge is 0.493 e. The van der Waals surface area contributed by atoms with Crippen LogP contribution in [-0.4, -0.2) is 18.8 Å². The van der Waals surface area contributed by atoms with Crippen molar-refractivity contribution in [3.8, 4) is 40.1 Å². The number of benzene rings is 3. The van der Waals surface area contributed by atoms with Gasteiger partial charge in [0, 0.05) is 17.7 Å². The topological polar surface area (TPSA) is 71.9 Å². The summed E-state index contributed by atoms with van der Waals surface area (Å²) in [6, 6.07) is 25.9. The summed E-state index contributed by atoms with van der Waals surface area (Å²) in [6.07, 6.45) is 0.803. The van der Waals surface area contributed by atoms with Gasteiger partial charge in [0.1, 0.15) is 17.3 Å². The van der Waals surface area contributed by atoms with E-state index in [1.165, 1.54) is 0 Å². The lowest BCUT2D eigenvalue weighted by molar-refractivity contribution is 0.354. The van der Waals surface area contributed by atoms with Gasteiger partial charge in [-0.3, -0.25) is 0 Å². The van der Waals surface area contributed by atoms with Crippen LogP contribution in [0.3, 0.4) is 0 Å². The van der Waals surface area contributed by atoms with Crippen LogP contribution < -0.4 is 9.47 Å². The molecule has 0 radical (unpaired) electrons. The van der Waals surface area contributed by atoms with E-state index in [-0.39, 0.29) is 0 Å². The van der Waals surface area contributed by atoms with Crippen LogP contribution >= 0.6 is 0 Å². The van der Waals surface area contributed by atoms with E-state index in [0.29, 0.717) is 22.7 Å². The Balaban J connectivity index is 1.79. The molecule has 0 aliphatic carbocycles. The van der Waals surface area contributed by atoms with E-state index in [4.69, 9.17) is 9.47 Å². The van der Waals surface area contributed by atoms with E-state index in [2.05, 4.69) is 20.9 Å². The van der Waals surface area contributed by atoms with Crippen LogP contribution in [0.2, 0.25) is 0 Å². The summed E-state index contributed by atoms with van der Waals surface area (Å²) in [5.74, 6) is 1.31. The molecule has 0 amide bonds. The first-order valence-corrected chi connectivity index (χ1v) is 10.7. The summed E-state index contributed by atoms with van der Waals surface area (Å²) in [6.45, 7) is 0.720. The van der Waals surface area contributed by atoms with Gasteiger partial charge in [0.2, 0.25) is 0 Å². The molecule has 6 nitrogen and oxygen atoms in total. The smallest absolute Gasteiger partial charge is 0.161 e. The van der Waals surface area contributed by atoms with Crippen molar-refractivity contribution in [3.63, 3.8) is 0 Å². The maximum Gasteiger partial charge on any atom is 0.161 e. The van der Waals surface area contributed by atoms with Crippen molar-refractivity contribution in [1.82, 2.24) is 4.57 Å². The van der Waals surface area contributed by atoms with Gasteiger partial charge in [0.15, 0.2) is 11.5 Å². The van der Waals surface area contributed by atoms with Crippen LogP contribution in [0.25, 0.3) is 22.5 Å². The average molecular weight is 434 g/mol. The zero-order chi connectivity index (χ0) is 22.8. The highest BCUT2D eigenvalue weighted by Crippen LogP contribution is 2.48. The number of aromatic nitrogens is 1. The molecular formula is C27H22N4O2. The van der Waals surface area contributed by atoms with Gasteiger partial charge in [-0.2, -0.15) is 10.4 Å². The predicted molar refractivity (Wildman–Crippen MR) is 127 cm³/mol. The highest BCUT2D eigenvalue weighted by molar-refractivity contribution is 5.89. The molecule has 0 saturated heterocycles. The van der Waals surface area contributed by atoms with E-state index < -0.39 is 0 Å². The van der Waals surface area contributed by atoms with Crippen LogP contribution in [0, 0.1) is 11.3 Å². The third-order valence-corrected chi connectivity index (χ3v) is 5.89. The summed E-state index contributed by atoms with van der Waals surface area (Å²) < 4.78 is 13.2. The molecule has 0 spiro atoms. The number of nitrogens with zero attached hydrogens (tertiary/aromatic N) is 4. The second-order valence-corrected chi connectivity index (χ2v) is 7.70. The Morgan fingerprint density at radius 1 is 0.848 bits per heavy atom. The third-order valence-electron chi connectivity index (χ3n) is 5.89. The Bertz CT molecular complexity index is 1380. The van der Waals surface area contributed by atoms with Crippen molar-refractivity contribution < 1.29 is 9.47 Å². The second kappa shape index (κ2) is 8.64. The molecule has 1 aromatic heterocycles. The van der Waals surface area contributed by atoms with Crippen LogP contribution in [-0.2, 0) is 13.0 Å². The van der Waals surface area contributed by atoms with E-state index in [0.717, 1.165) is 46.7 Å². The molecule has 6 heteroatoms. The fourth-order valence-corrected chi connectivity index (χ4v) is 4.38. The highest BCUT2D eigenvalue weighted by Gasteiger charge is 2.30. The molecule has 0 saturated carbocycles. The molecule has 0 N–H and O–H groups in total. The fraction of sp³-hybridized carbons (Fsp3) is 0.148. The van der Waals surface area contributed by atoms with Crippen LogP contribution in [0.5, 0.6) is 11.5 Å². The Labute approximate surface area is 192 Å². The summed E-state index contributed by atoms with van der Waals surface area (Å²) >= 11 is 0. The van der Waals surface area contributed by atoms with Crippen molar-refractivity contribution in [2.45, 2.75) is 13.0 Å². The number of nitriles is 1. The van der Waals surface area contributed by atoms with Crippen LogP contribution in [0.15, 0.2) is 83.0 Å². The van der Waals surface area contributed by atoms with E-state index in [1.807, 2.05) is 72.8 Å². The zero-order valence-corrected chi connectivity index (χ0v) is 18.4. The zero-order valence-electron chi connectivity index (χ0n) is 18.4. The number of fused-ring (bicyclic) bond motifs is 3. The highest BCUT2D eigenvalue weighted by atomic mass is 16.5. The molecule has 33 heavy (non-hydrogen) atoms. The lowest BCUT2D eigenvalue weighted by atomic mass is 9.95. The van der Waals surface area contributed by atoms with E-state index in [9.17, 15) is 5.26 Å². The maximum absolute atomic E-state index is 10.3. The summed E-state index contributed by atoms with van der Waals surface area (Å²) in [5, 5.41) is 19.3. The predicted octanol–water partition coefficient (Wildman–Crippen LogP) is 6.68. The minimum Gasteiger partial charge on any atom is -0.493 e. The number of methoxy groups -OCH3 is 2. The molecule has 0 bridgehead atoms. The molecule has 1 aliphatic heterocycles. The first kappa shape index (κ1) is 20.5. The van der Waals surface area contributed by atoms with Gasteiger partial charge < -0.3 is 14.0 Å². The van der Waals surface area contributed by atoms with E-state index in [1.54, 1.807) is 14.2 Å². The molecule has 0 unspecified atom stereocenters. The monoisotopic (exact) mass is 434 g/mol. The Morgan fingerprint density at radius 2 is 1.52 bits per heavy atom. The maximum atomic E-state index is 10.3. The minimum absolute atomic E-state index is 0.502. The Hall–Kier alpha value is -4.37. The number of azo groups is 1. The van der Waals surface area contributed by atoms with Gasteiger partial charge in [0.25, 0.3) is 0 Å². The van der Waals surface area contributed by atoms with Crippen molar-refractivity contribution >= 4 is 11.4 Å². The summed E-state index contributed by atoms with van der Waals surface area (Å²) in [7, 11) is 3.25. The number of hydrogen-bond acceptors (Lipinski definition) is 5. The Morgan fingerprint density at radius 3 is 2.18 bits per heavy atom. The van der Waals surface area contributed by atoms with E-state index >= 15 is 0 Å². The summed E-state index contributed by atoms with van der Waals surface area (Å²) in [5.41, 5.74) is 6.59. The molecule has 5 rings (SSSR count). The van der Waals surface area contributed by atoms with Gasteiger partial charge >= 0.3 is 0 Å². The molecule has 3 aromatic carbocycles. The number of hydrogen-bond donors (Lipinski definition) is 0. The number of ether oxygens (including phenoxy) is 2. The normalized spacial score (nSPS) is 12.2. The van der Waals surface area contributed by atoms with Crippen LogP contribution in [0.1, 0.15) is 11.1 Å². The molecule has 2 heterocycles. The number of aryl methyl sites for hydroxylation is 1. The quantitative estimate of drug-likeness (QED) is 0.329. The molecule has 1 aliphatic rings. The first-order valence-electron chi connectivity index (χ1n) is 10.7. The van der Waals surface area contributed by atoms with Gasteiger partial charge in [-0.1, -0.05) is 48.5 Å². The third kappa shape index (κ3) is 3.54. The first-order chi connectivity index (χ1) is 16.2. The molecular weight excluding hydrogens is 412 g/mol. The second-order valence-electron chi connectivity index (χ2n) is 7.70. The van der Waals surface area contributed by atoms with Crippen molar-refractivity contribution in [2.24, 2.45) is 10.2 Å². The minimum atomic E-state index is 0.502. The van der Waals surface area contributed by atoms with Gasteiger partial charge in [-0.25, -0.2) is 0 Å². The molecule has 0 atom stereocenters. The van der Waals surface area contributed by atoms with Crippen molar-refractivity contribution in [2.75, 3.05) is 14.2 Å².